The van der Waals surface area contributed by atoms with E-state index in [4.69, 9.17) is 0 Å². The zero-order valence-corrected chi connectivity index (χ0v) is 9.28. The summed E-state index contributed by atoms with van der Waals surface area (Å²) < 4.78 is 2.71. The van der Waals surface area contributed by atoms with Crippen LogP contribution >= 0.6 is 11.3 Å². The zero-order chi connectivity index (χ0) is 11.0. The van der Waals surface area contributed by atoms with Gasteiger partial charge in [-0.1, -0.05) is 18.2 Å². The number of hydrogen-bond acceptors (Lipinski definition) is 2. The van der Waals surface area contributed by atoms with Crippen LogP contribution in [0.15, 0.2) is 58.8 Å². The van der Waals surface area contributed by atoms with Gasteiger partial charge in [0.05, 0.1) is 5.39 Å². The van der Waals surface area contributed by atoms with Crippen LogP contribution in [0.2, 0.25) is 0 Å². The second-order valence-corrected chi connectivity index (χ2v) is 4.47. The molecule has 0 bridgehead atoms. The van der Waals surface area contributed by atoms with E-state index in [1.54, 1.807) is 15.9 Å². The van der Waals surface area contributed by atoms with Gasteiger partial charge in [0, 0.05) is 16.6 Å². The van der Waals surface area contributed by atoms with Crippen LogP contribution in [-0.4, -0.2) is 4.57 Å². The maximum Gasteiger partial charge on any atom is 0.263 e. The average Bonchev–Trinajstić information content (AvgIpc) is 2.80. The van der Waals surface area contributed by atoms with E-state index in [1.165, 1.54) is 0 Å². The summed E-state index contributed by atoms with van der Waals surface area (Å²) in [6, 6.07) is 13.5. The summed E-state index contributed by atoms with van der Waals surface area (Å²) in [5.41, 5.74) is 0.950. The molecule has 0 aliphatic heterocycles. The summed E-state index contributed by atoms with van der Waals surface area (Å²) in [6.45, 7) is 0. The lowest BCUT2D eigenvalue weighted by Gasteiger charge is -2.04. The molecule has 0 aliphatic rings. The number of nitrogens with zero attached hydrogens (tertiary/aromatic N) is 1. The number of aromatic nitrogens is 1. The fourth-order valence-electron chi connectivity index (χ4n) is 1.76. The van der Waals surface area contributed by atoms with Gasteiger partial charge in [-0.15, -0.1) is 11.3 Å². The third kappa shape index (κ3) is 1.37. The van der Waals surface area contributed by atoms with E-state index in [9.17, 15) is 4.79 Å². The molecular weight excluding hydrogens is 218 g/mol. The Labute approximate surface area is 96.4 Å². The maximum absolute atomic E-state index is 12.2. The Morgan fingerprint density at radius 1 is 1.00 bits per heavy atom. The first-order chi connectivity index (χ1) is 7.86. The highest BCUT2D eigenvalue weighted by molar-refractivity contribution is 7.17. The normalized spacial score (nSPS) is 10.8. The van der Waals surface area contributed by atoms with Crippen LogP contribution in [-0.2, 0) is 0 Å². The predicted octanol–water partition coefficient (Wildman–Crippen LogP) is 3.05. The molecule has 2 aromatic heterocycles. The summed E-state index contributed by atoms with van der Waals surface area (Å²) in [4.78, 5) is 12.2. The van der Waals surface area contributed by atoms with E-state index < -0.39 is 0 Å². The first kappa shape index (κ1) is 9.36. The zero-order valence-electron chi connectivity index (χ0n) is 8.46. The Kier molecular flexibility index (Phi) is 2.11. The molecule has 2 heterocycles. The molecule has 3 rings (SSSR count). The van der Waals surface area contributed by atoms with Crippen LogP contribution in [0.5, 0.6) is 0 Å². The smallest absolute Gasteiger partial charge is 0.263 e. The number of hydrogen-bond donors (Lipinski definition) is 0. The Morgan fingerprint density at radius 2 is 1.81 bits per heavy atom. The van der Waals surface area contributed by atoms with Crippen LogP contribution in [0.4, 0.5) is 0 Å². The van der Waals surface area contributed by atoms with E-state index >= 15 is 0 Å². The third-order valence-corrected chi connectivity index (χ3v) is 3.44. The number of pyridine rings is 1. The van der Waals surface area contributed by atoms with Crippen molar-refractivity contribution in [1.29, 1.82) is 0 Å². The highest BCUT2D eigenvalue weighted by Gasteiger charge is 2.04. The molecule has 78 valence electrons. The second-order valence-electron chi connectivity index (χ2n) is 3.52. The maximum atomic E-state index is 12.2. The van der Waals surface area contributed by atoms with Crippen molar-refractivity contribution in [3.05, 3.63) is 64.4 Å². The molecule has 0 aliphatic carbocycles. The first-order valence-electron chi connectivity index (χ1n) is 5.00. The van der Waals surface area contributed by atoms with Crippen molar-refractivity contribution in [2.24, 2.45) is 0 Å². The lowest BCUT2D eigenvalue weighted by Crippen LogP contribution is -2.16. The largest absolute Gasteiger partial charge is 0.284 e. The topological polar surface area (TPSA) is 22.0 Å². The minimum absolute atomic E-state index is 0.0463. The second kappa shape index (κ2) is 3.61. The standard InChI is InChI=1S/C13H9NOS/c15-13-11-7-9-16-12(11)6-8-14(13)10-4-2-1-3-5-10/h1-9H. The van der Waals surface area contributed by atoms with Gasteiger partial charge in [-0.2, -0.15) is 0 Å². The van der Waals surface area contributed by atoms with Crippen molar-refractivity contribution in [3.8, 4) is 5.69 Å². The van der Waals surface area contributed by atoms with Gasteiger partial charge in [0.15, 0.2) is 0 Å². The molecule has 3 aromatic rings. The molecular formula is C13H9NOS. The molecule has 1 aromatic carbocycles. The Bertz CT molecular complexity index is 682. The van der Waals surface area contributed by atoms with Crippen molar-refractivity contribution in [2.45, 2.75) is 0 Å². The molecule has 2 nitrogen and oxygen atoms in total. The molecule has 16 heavy (non-hydrogen) atoms. The summed E-state index contributed by atoms with van der Waals surface area (Å²) in [7, 11) is 0. The van der Waals surface area contributed by atoms with Gasteiger partial charge in [-0.25, -0.2) is 0 Å². The van der Waals surface area contributed by atoms with E-state index in [0.717, 1.165) is 15.8 Å². The molecule has 0 radical (unpaired) electrons. The molecule has 0 spiro atoms. The molecule has 0 fully saturated rings. The van der Waals surface area contributed by atoms with Crippen LogP contribution in [0.3, 0.4) is 0 Å². The summed E-state index contributed by atoms with van der Waals surface area (Å²) in [5.74, 6) is 0. The molecule has 0 saturated heterocycles. The molecule has 3 heteroatoms. The lowest BCUT2D eigenvalue weighted by molar-refractivity contribution is 1.01. The van der Waals surface area contributed by atoms with Crippen molar-refractivity contribution >= 4 is 21.4 Å². The quantitative estimate of drug-likeness (QED) is 0.626. The molecule has 0 N–H and O–H groups in total. The molecule has 0 amide bonds. The SMILES string of the molecule is O=c1c2ccsc2ccn1-c1ccccc1. The lowest BCUT2D eigenvalue weighted by atomic mass is 10.3. The van der Waals surface area contributed by atoms with Crippen molar-refractivity contribution < 1.29 is 0 Å². The van der Waals surface area contributed by atoms with Gasteiger partial charge in [-0.05, 0) is 29.6 Å². The Hall–Kier alpha value is -1.87. The summed E-state index contributed by atoms with van der Waals surface area (Å²) in [5, 5.41) is 2.73. The van der Waals surface area contributed by atoms with Gasteiger partial charge in [0.25, 0.3) is 5.56 Å². The van der Waals surface area contributed by atoms with Crippen LogP contribution in [0, 0.1) is 0 Å². The van der Waals surface area contributed by atoms with E-state index in [2.05, 4.69) is 0 Å². The monoisotopic (exact) mass is 227 g/mol. The average molecular weight is 227 g/mol. The Balaban J connectivity index is 2.33. The number of rotatable bonds is 1. The van der Waals surface area contributed by atoms with Crippen molar-refractivity contribution in [2.75, 3.05) is 0 Å². The highest BCUT2D eigenvalue weighted by Crippen LogP contribution is 2.17. The summed E-state index contributed by atoms with van der Waals surface area (Å²) in [6.07, 6.45) is 1.83. The summed E-state index contributed by atoms with van der Waals surface area (Å²) >= 11 is 1.59. The van der Waals surface area contributed by atoms with Gasteiger partial charge in [-0.3, -0.25) is 9.36 Å². The van der Waals surface area contributed by atoms with Gasteiger partial charge < -0.3 is 0 Å². The number of fused-ring (bicyclic) bond motifs is 1. The molecule has 0 atom stereocenters. The number of benzene rings is 1. The predicted molar refractivity (Wildman–Crippen MR) is 67.4 cm³/mol. The molecule has 0 unspecified atom stereocenters. The van der Waals surface area contributed by atoms with E-state index in [-0.39, 0.29) is 5.56 Å². The van der Waals surface area contributed by atoms with Crippen LogP contribution in [0.1, 0.15) is 0 Å². The van der Waals surface area contributed by atoms with E-state index in [1.807, 2.05) is 54.0 Å². The van der Waals surface area contributed by atoms with Crippen LogP contribution < -0.4 is 5.56 Å². The molecule has 0 saturated carbocycles. The van der Waals surface area contributed by atoms with Gasteiger partial charge in [0.2, 0.25) is 0 Å². The van der Waals surface area contributed by atoms with Crippen LogP contribution in [0.25, 0.3) is 15.8 Å². The van der Waals surface area contributed by atoms with E-state index in [0.29, 0.717) is 0 Å². The minimum Gasteiger partial charge on any atom is -0.284 e. The Morgan fingerprint density at radius 3 is 2.62 bits per heavy atom. The fourth-order valence-corrected chi connectivity index (χ4v) is 2.53. The van der Waals surface area contributed by atoms with Gasteiger partial charge >= 0.3 is 0 Å². The number of para-hydroxylation sites is 1. The highest BCUT2D eigenvalue weighted by atomic mass is 32.1. The van der Waals surface area contributed by atoms with Crippen molar-refractivity contribution in [3.63, 3.8) is 0 Å². The fraction of sp³-hybridized carbons (Fsp3) is 0. The third-order valence-electron chi connectivity index (χ3n) is 2.55. The minimum atomic E-state index is 0.0463. The number of thiophene rings is 1. The first-order valence-corrected chi connectivity index (χ1v) is 5.88. The van der Waals surface area contributed by atoms with Gasteiger partial charge in [0.1, 0.15) is 0 Å². The van der Waals surface area contributed by atoms with Crippen molar-refractivity contribution in [1.82, 2.24) is 4.57 Å².